The van der Waals surface area contributed by atoms with Gasteiger partial charge in [-0.15, -0.1) is 0 Å². The Labute approximate surface area is 124 Å². The first-order chi connectivity index (χ1) is 9.96. The SMILES string of the molecule is CCC(CNC(=O)Nc1ccc(OC)c(C)c1)CC(=O)O. The molecule has 1 aromatic carbocycles. The van der Waals surface area contributed by atoms with Crippen molar-refractivity contribution in [1.82, 2.24) is 5.32 Å². The van der Waals surface area contributed by atoms with Crippen LogP contribution in [0, 0.1) is 12.8 Å². The van der Waals surface area contributed by atoms with E-state index in [9.17, 15) is 9.59 Å². The van der Waals surface area contributed by atoms with E-state index < -0.39 is 5.97 Å². The summed E-state index contributed by atoms with van der Waals surface area (Å²) in [5.74, 6) is -0.158. The van der Waals surface area contributed by atoms with E-state index in [0.717, 1.165) is 11.3 Å². The lowest BCUT2D eigenvalue weighted by atomic mass is 10.0. The summed E-state index contributed by atoms with van der Waals surface area (Å²) in [6, 6.07) is 5.00. The number of ether oxygens (including phenoxy) is 1. The van der Waals surface area contributed by atoms with E-state index in [4.69, 9.17) is 9.84 Å². The average Bonchev–Trinajstić information content (AvgIpc) is 2.43. The van der Waals surface area contributed by atoms with Crippen molar-refractivity contribution < 1.29 is 19.4 Å². The van der Waals surface area contributed by atoms with Gasteiger partial charge in [-0.1, -0.05) is 13.3 Å². The van der Waals surface area contributed by atoms with E-state index in [1.54, 1.807) is 19.2 Å². The Morgan fingerprint density at radius 3 is 2.62 bits per heavy atom. The molecule has 0 bridgehead atoms. The largest absolute Gasteiger partial charge is 0.496 e. The van der Waals surface area contributed by atoms with Crippen molar-refractivity contribution in [3.63, 3.8) is 0 Å². The van der Waals surface area contributed by atoms with Crippen molar-refractivity contribution in [2.45, 2.75) is 26.7 Å². The fourth-order valence-corrected chi connectivity index (χ4v) is 1.98. The summed E-state index contributed by atoms with van der Waals surface area (Å²) in [5, 5.41) is 14.2. The molecule has 0 aliphatic heterocycles. The second-order valence-corrected chi connectivity index (χ2v) is 4.89. The predicted molar refractivity (Wildman–Crippen MR) is 80.8 cm³/mol. The molecule has 6 nitrogen and oxygen atoms in total. The zero-order valence-corrected chi connectivity index (χ0v) is 12.6. The van der Waals surface area contributed by atoms with Gasteiger partial charge in [-0.3, -0.25) is 4.79 Å². The van der Waals surface area contributed by atoms with Crippen molar-refractivity contribution in [2.24, 2.45) is 5.92 Å². The number of hydrogen-bond donors (Lipinski definition) is 3. The highest BCUT2D eigenvalue weighted by molar-refractivity contribution is 5.89. The highest BCUT2D eigenvalue weighted by atomic mass is 16.5. The minimum atomic E-state index is -0.852. The number of aryl methyl sites for hydroxylation is 1. The molecule has 21 heavy (non-hydrogen) atoms. The van der Waals surface area contributed by atoms with E-state index in [1.165, 1.54) is 0 Å². The molecule has 0 aromatic heterocycles. The Balaban J connectivity index is 2.50. The van der Waals surface area contributed by atoms with E-state index in [0.29, 0.717) is 18.7 Å². The molecule has 0 fully saturated rings. The highest BCUT2D eigenvalue weighted by Gasteiger charge is 2.12. The predicted octanol–water partition coefficient (Wildman–Crippen LogP) is 2.63. The molecule has 3 N–H and O–H groups in total. The molecule has 0 heterocycles. The van der Waals surface area contributed by atoms with Crippen LogP contribution in [-0.4, -0.2) is 30.8 Å². The Hall–Kier alpha value is -2.24. The molecule has 0 saturated heterocycles. The van der Waals surface area contributed by atoms with Crippen molar-refractivity contribution in [1.29, 1.82) is 0 Å². The summed E-state index contributed by atoms with van der Waals surface area (Å²) >= 11 is 0. The van der Waals surface area contributed by atoms with Crippen LogP contribution >= 0.6 is 0 Å². The first kappa shape index (κ1) is 16.8. The molecule has 1 aromatic rings. The number of carbonyl (C=O) groups is 2. The highest BCUT2D eigenvalue weighted by Crippen LogP contribution is 2.21. The van der Waals surface area contributed by atoms with Gasteiger partial charge >= 0.3 is 12.0 Å². The minimum Gasteiger partial charge on any atom is -0.496 e. The molecule has 116 valence electrons. The molecule has 0 spiro atoms. The van der Waals surface area contributed by atoms with Gasteiger partial charge in [0, 0.05) is 18.7 Å². The fraction of sp³-hybridized carbons (Fsp3) is 0.467. The maximum atomic E-state index is 11.8. The van der Waals surface area contributed by atoms with Crippen LogP contribution < -0.4 is 15.4 Å². The van der Waals surface area contributed by atoms with Crippen molar-refractivity contribution in [3.8, 4) is 5.75 Å². The molecule has 0 aliphatic carbocycles. The number of carbonyl (C=O) groups excluding carboxylic acids is 1. The number of carboxylic acid groups (broad SMARTS) is 1. The number of methoxy groups -OCH3 is 1. The summed E-state index contributed by atoms with van der Waals surface area (Å²) in [4.78, 5) is 22.4. The molecule has 6 heteroatoms. The Morgan fingerprint density at radius 2 is 2.10 bits per heavy atom. The van der Waals surface area contributed by atoms with Crippen molar-refractivity contribution in [2.75, 3.05) is 19.0 Å². The number of hydrogen-bond acceptors (Lipinski definition) is 3. The monoisotopic (exact) mass is 294 g/mol. The van der Waals surface area contributed by atoms with E-state index in [-0.39, 0.29) is 18.4 Å². The van der Waals surface area contributed by atoms with Crippen LogP contribution in [-0.2, 0) is 4.79 Å². The summed E-state index contributed by atoms with van der Waals surface area (Å²) in [6.45, 7) is 4.13. The lowest BCUT2D eigenvalue weighted by Gasteiger charge is -2.14. The molecular formula is C15H22N2O4. The topological polar surface area (TPSA) is 87.7 Å². The van der Waals surface area contributed by atoms with E-state index in [1.807, 2.05) is 19.9 Å². The number of carboxylic acids is 1. The molecule has 1 unspecified atom stereocenters. The summed E-state index contributed by atoms with van der Waals surface area (Å²) in [6.07, 6.45) is 0.757. The van der Waals surface area contributed by atoms with Crippen LogP contribution in [0.1, 0.15) is 25.3 Å². The lowest BCUT2D eigenvalue weighted by molar-refractivity contribution is -0.138. The summed E-state index contributed by atoms with van der Waals surface area (Å²) in [7, 11) is 1.59. The third kappa shape index (κ3) is 5.72. The quantitative estimate of drug-likeness (QED) is 0.721. The summed E-state index contributed by atoms with van der Waals surface area (Å²) in [5.41, 5.74) is 1.59. The molecule has 2 amide bonds. The molecule has 0 radical (unpaired) electrons. The fourth-order valence-electron chi connectivity index (χ4n) is 1.98. The van der Waals surface area contributed by atoms with Gasteiger partial charge in [0.2, 0.25) is 0 Å². The Morgan fingerprint density at radius 1 is 1.38 bits per heavy atom. The summed E-state index contributed by atoms with van der Waals surface area (Å²) < 4.78 is 5.15. The number of aliphatic carboxylic acids is 1. The van der Waals surface area contributed by atoms with Crippen LogP contribution in [0.3, 0.4) is 0 Å². The van der Waals surface area contributed by atoms with Gasteiger partial charge in [0.1, 0.15) is 5.75 Å². The zero-order chi connectivity index (χ0) is 15.8. The molecule has 1 rings (SSSR count). The van der Waals surface area contributed by atoms with Gasteiger partial charge in [-0.25, -0.2) is 4.79 Å². The number of amides is 2. The van der Waals surface area contributed by atoms with Crippen LogP contribution in [0.2, 0.25) is 0 Å². The second kappa shape index (κ2) is 8.14. The maximum Gasteiger partial charge on any atom is 0.319 e. The number of nitrogens with one attached hydrogen (secondary N) is 2. The van der Waals surface area contributed by atoms with Crippen molar-refractivity contribution in [3.05, 3.63) is 23.8 Å². The Bertz CT molecular complexity index is 502. The number of urea groups is 1. The first-order valence-electron chi connectivity index (χ1n) is 6.87. The van der Waals surface area contributed by atoms with Gasteiger partial charge in [0.25, 0.3) is 0 Å². The molecule has 1 atom stereocenters. The van der Waals surface area contributed by atoms with Crippen LogP contribution in [0.25, 0.3) is 0 Å². The van der Waals surface area contributed by atoms with Gasteiger partial charge in [-0.2, -0.15) is 0 Å². The van der Waals surface area contributed by atoms with Gasteiger partial charge < -0.3 is 20.5 Å². The third-order valence-electron chi connectivity index (χ3n) is 3.24. The van der Waals surface area contributed by atoms with Crippen LogP contribution in [0.15, 0.2) is 18.2 Å². The molecule has 0 aliphatic rings. The van der Waals surface area contributed by atoms with E-state index >= 15 is 0 Å². The van der Waals surface area contributed by atoms with Gasteiger partial charge in [0.15, 0.2) is 0 Å². The number of benzene rings is 1. The van der Waals surface area contributed by atoms with Crippen LogP contribution in [0.4, 0.5) is 10.5 Å². The normalized spacial score (nSPS) is 11.6. The first-order valence-corrected chi connectivity index (χ1v) is 6.87. The van der Waals surface area contributed by atoms with Crippen LogP contribution in [0.5, 0.6) is 5.75 Å². The maximum absolute atomic E-state index is 11.8. The van der Waals surface area contributed by atoms with Gasteiger partial charge in [0.05, 0.1) is 7.11 Å². The second-order valence-electron chi connectivity index (χ2n) is 4.89. The number of anilines is 1. The lowest BCUT2D eigenvalue weighted by Crippen LogP contribution is -2.33. The smallest absolute Gasteiger partial charge is 0.319 e. The molecular weight excluding hydrogens is 272 g/mol. The average molecular weight is 294 g/mol. The minimum absolute atomic E-state index is 0.0540. The Kier molecular flexibility index (Phi) is 6.52. The number of rotatable bonds is 7. The van der Waals surface area contributed by atoms with Crippen molar-refractivity contribution >= 4 is 17.7 Å². The van der Waals surface area contributed by atoms with E-state index in [2.05, 4.69) is 10.6 Å². The zero-order valence-electron chi connectivity index (χ0n) is 12.6. The molecule has 0 saturated carbocycles. The standard InChI is InChI=1S/C15H22N2O4/c1-4-11(8-14(18)19)9-16-15(20)17-12-5-6-13(21-3)10(2)7-12/h5-7,11H,4,8-9H2,1-3H3,(H,18,19)(H2,16,17,20). The van der Waals surface area contributed by atoms with Gasteiger partial charge in [-0.05, 0) is 36.6 Å². The third-order valence-corrected chi connectivity index (χ3v) is 3.24.